The van der Waals surface area contributed by atoms with Crippen LogP contribution in [0.3, 0.4) is 0 Å². The molecule has 2 rings (SSSR count). The van der Waals surface area contributed by atoms with Crippen LogP contribution in [0.4, 0.5) is 0 Å². The van der Waals surface area contributed by atoms with Crippen LogP contribution in [0, 0.1) is 0 Å². The van der Waals surface area contributed by atoms with E-state index in [1.807, 2.05) is 18.2 Å². The largest absolute Gasteiger partial charge is 0.480 e. The third-order valence-corrected chi connectivity index (χ3v) is 3.67. The fourth-order valence-electron chi connectivity index (χ4n) is 2.29. The number of fused-ring (bicyclic) bond motifs is 1. The van der Waals surface area contributed by atoms with Crippen molar-refractivity contribution >= 4 is 22.8 Å². The van der Waals surface area contributed by atoms with Crippen LogP contribution in [-0.4, -0.2) is 41.7 Å². The molecule has 1 amide bonds. The van der Waals surface area contributed by atoms with E-state index in [4.69, 9.17) is 9.84 Å². The third kappa shape index (κ3) is 3.90. The Morgan fingerprint density at radius 2 is 2.00 bits per heavy atom. The predicted octanol–water partition coefficient (Wildman–Crippen LogP) is 2.29. The summed E-state index contributed by atoms with van der Waals surface area (Å²) in [6.07, 6.45) is 0. The summed E-state index contributed by atoms with van der Waals surface area (Å²) in [5.41, 5.74) is 2.34. The van der Waals surface area contributed by atoms with Crippen molar-refractivity contribution in [3.05, 3.63) is 35.5 Å². The molecule has 1 atom stereocenters. The molecule has 6 nitrogen and oxygen atoms in total. The van der Waals surface area contributed by atoms with Crippen LogP contribution in [0.5, 0.6) is 0 Å². The lowest BCUT2D eigenvalue weighted by atomic mass is 9.87. The van der Waals surface area contributed by atoms with E-state index in [2.05, 4.69) is 31.1 Å². The molecule has 0 saturated heterocycles. The van der Waals surface area contributed by atoms with Crippen molar-refractivity contribution in [2.24, 2.45) is 0 Å². The maximum Gasteiger partial charge on any atom is 0.328 e. The molecular weight excluding hydrogens is 296 g/mol. The minimum absolute atomic E-state index is 0.00852. The number of rotatable bonds is 5. The van der Waals surface area contributed by atoms with Crippen LogP contribution >= 0.6 is 0 Å². The molecular formula is C17H22N2O4. The van der Waals surface area contributed by atoms with E-state index in [-0.39, 0.29) is 12.0 Å². The Balaban J connectivity index is 2.26. The van der Waals surface area contributed by atoms with Gasteiger partial charge in [-0.05, 0) is 23.1 Å². The Kier molecular flexibility index (Phi) is 4.75. The molecule has 0 spiro atoms. The number of carbonyl (C=O) groups is 2. The van der Waals surface area contributed by atoms with E-state index < -0.39 is 17.9 Å². The maximum atomic E-state index is 12.2. The lowest BCUT2D eigenvalue weighted by Crippen LogP contribution is -2.43. The topological polar surface area (TPSA) is 91.4 Å². The second-order valence-corrected chi connectivity index (χ2v) is 6.55. The van der Waals surface area contributed by atoms with Gasteiger partial charge in [-0.15, -0.1) is 0 Å². The first-order chi connectivity index (χ1) is 10.7. The molecule has 124 valence electrons. The van der Waals surface area contributed by atoms with Crippen molar-refractivity contribution < 1.29 is 19.4 Å². The summed E-state index contributed by atoms with van der Waals surface area (Å²) in [4.78, 5) is 26.4. The van der Waals surface area contributed by atoms with Crippen molar-refractivity contribution in [3.63, 3.8) is 0 Å². The summed E-state index contributed by atoms with van der Waals surface area (Å²) in [5.74, 6) is -1.60. The second kappa shape index (κ2) is 6.42. The number of hydrogen-bond donors (Lipinski definition) is 3. The zero-order valence-electron chi connectivity index (χ0n) is 13.8. The molecule has 0 radical (unpaired) electrons. The molecule has 1 unspecified atom stereocenters. The van der Waals surface area contributed by atoms with Crippen molar-refractivity contribution in [3.8, 4) is 0 Å². The van der Waals surface area contributed by atoms with Gasteiger partial charge in [-0.1, -0.05) is 32.9 Å². The third-order valence-electron chi connectivity index (χ3n) is 3.67. The van der Waals surface area contributed by atoms with E-state index in [9.17, 15) is 9.59 Å². The van der Waals surface area contributed by atoms with Crippen LogP contribution in [-0.2, 0) is 14.9 Å². The number of aliphatic carboxylic acids is 1. The van der Waals surface area contributed by atoms with E-state index >= 15 is 0 Å². The van der Waals surface area contributed by atoms with Gasteiger partial charge in [-0.2, -0.15) is 0 Å². The summed E-state index contributed by atoms with van der Waals surface area (Å²) in [7, 11) is 1.39. The minimum Gasteiger partial charge on any atom is -0.480 e. The maximum absolute atomic E-state index is 12.2. The number of hydrogen-bond acceptors (Lipinski definition) is 3. The second-order valence-electron chi connectivity index (χ2n) is 6.55. The molecule has 0 aliphatic rings. The normalized spacial score (nSPS) is 13.0. The standard InChI is InChI=1S/C17H22N2O4/c1-17(2,3)11-6-5-10-7-13(18-12(10)8-11)15(20)19-14(9-23-4)16(21)22/h5-8,14,18H,9H2,1-4H3,(H,19,20)(H,21,22). The fourth-order valence-corrected chi connectivity index (χ4v) is 2.29. The summed E-state index contributed by atoms with van der Waals surface area (Å²) in [5, 5.41) is 12.4. The van der Waals surface area contributed by atoms with Crippen LogP contribution in [0.25, 0.3) is 10.9 Å². The molecule has 0 bridgehead atoms. The summed E-state index contributed by atoms with van der Waals surface area (Å²) in [6, 6.07) is 6.62. The number of aromatic amines is 1. The van der Waals surface area contributed by atoms with Crippen LogP contribution in [0.1, 0.15) is 36.8 Å². The van der Waals surface area contributed by atoms with Crippen LogP contribution in [0.15, 0.2) is 24.3 Å². The Bertz CT molecular complexity index is 728. The van der Waals surface area contributed by atoms with Crippen molar-refractivity contribution in [1.82, 2.24) is 10.3 Å². The number of H-pyrrole nitrogens is 1. The number of nitrogens with one attached hydrogen (secondary N) is 2. The van der Waals surface area contributed by atoms with Crippen molar-refractivity contribution in [1.29, 1.82) is 0 Å². The predicted molar refractivity (Wildman–Crippen MR) is 87.8 cm³/mol. The quantitative estimate of drug-likeness (QED) is 0.789. The molecule has 3 N–H and O–H groups in total. The molecule has 1 heterocycles. The highest BCUT2D eigenvalue weighted by molar-refractivity contribution is 5.99. The van der Waals surface area contributed by atoms with Gasteiger partial charge in [0.15, 0.2) is 6.04 Å². The monoisotopic (exact) mass is 318 g/mol. The van der Waals surface area contributed by atoms with Gasteiger partial charge in [0.1, 0.15) is 5.69 Å². The summed E-state index contributed by atoms with van der Waals surface area (Å²) in [6.45, 7) is 6.27. The first kappa shape index (κ1) is 17.0. The SMILES string of the molecule is COCC(NC(=O)c1cc2ccc(C(C)(C)C)cc2[nH]1)C(=O)O. The number of carbonyl (C=O) groups excluding carboxylic acids is 1. The Hall–Kier alpha value is -2.34. The highest BCUT2D eigenvalue weighted by atomic mass is 16.5. The number of carboxylic acid groups (broad SMARTS) is 1. The highest BCUT2D eigenvalue weighted by Crippen LogP contribution is 2.26. The lowest BCUT2D eigenvalue weighted by molar-refractivity contribution is -0.140. The van der Waals surface area contributed by atoms with Crippen molar-refractivity contribution in [2.45, 2.75) is 32.2 Å². The Morgan fingerprint density at radius 3 is 2.57 bits per heavy atom. The highest BCUT2D eigenvalue weighted by Gasteiger charge is 2.22. The summed E-state index contributed by atoms with van der Waals surface area (Å²) < 4.78 is 4.81. The molecule has 1 aromatic heterocycles. The molecule has 2 aromatic rings. The van der Waals surface area contributed by atoms with E-state index in [0.717, 1.165) is 16.5 Å². The van der Waals surface area contributed by atoms with Gasteiger partial charge in [0.05, 0.1) is 6.61 Å². The number of aromatic nitrogens is 1. The number of carboxylic acids is 1. The zero-order chi connectivity index (χ0) is 17.2. The Labute approximate surface area is 134 Å². The van der Waals surface area contributed by atoms with Gasteiger partial charge in [0.25, 0.3) is 5.91 Å². The van der Waals surface area contributed by atoms with Gasteiger partial charge in [-0.25, -0.2) is 4.79 Å². The molecule has 1 aromatic carbocycles. The average Bonchev–Trinajstić information content (AvgIpc) is 2.88. The molecule has 0 fully saturated rings. The first-order valence-electron chi connectivity index (χ1n) is 7.38. The number of ether oxygens (including phenoxy) is 1. The molecule has 0 saturated carbocycles. The van der Waals surface area contributed by atoms with E-state index in [1.165, 1.54) is 7.11 Å². The lowest BCUT2D eigenvalue weighted by Gasteiger charge is -2.18. The smallest absolute Gasteiger partial charge is 0.328 e. The summed E-state index contributed by atoms with van der Waals surface area (Å²) >= 11 is 0. The van der Waals surface area contributed by atoms with E-state index in [1.54, 1.807) is 6.07 Å². The van der Waals surface area contributed by atoms with Gasteiger partial charge >= 0.3 is 5.97 Å². The van der Waals surface area contributed by atoms with Gasteiger partial charge in [0.2, 0.25) is 0 Å². The first-order valence-corrected chi connectivity index (χ1v) is 7.38. The van der Waals surface area contributed by atoms with Gasteiger partial charge in [-0.3, -0.25) is 4.79 Å². The molecule has 23 heavy (non-hydrogen) atoms. The van der Waals surface area contributed by atoms with Crippen LogP contribution in [0.2, 0.25) is 0 Å². The van der Waals surface area contributed by atoms with Crippen molar-refractivity contribution in [2.75, 3.05) is 13.7 Å². The van der Waals surface area contributed by atoms with Crippen LogP contribution < -0.4 is 5.32 Å². The number of methoxy groups -OCH3 is 1. The molecule has 0 aliphatic heterocycles. The fraction of sp³-hybridized carbons (Fsp3) is 0.412. The minimum atomic E-state index is -1.13. The number of amides is 1. The average molecular weight is 318 g/mol. The zero-order valence-corrected chi connectivity index (χ0v) is 13.8. The molecule has 0 aliphatic carbocycles. The number of benzene rings is 1. The van der Waals surface area contributed by atoms with Gasteiger partial charge < -0.3 is 20.1 Å². The van der Waals surface area contributed by atoms with E-state index in [0.29, 0.717) is 5.69 Å². The Morgan fingerprint density at radius 1 is 1.30 bits per heavy atom. The molecule has 6 heteroatoms. The van der Waals surface area contributed by atoms with Gasteiger partial charge in [0, 0.05) is 18.0 Å².